The summed E-state index contributed by atoms with van der Waals surface area (Å²) in [6, 6.07) is 0.525. The first-order chi connectivity index (χ1) is 6.29. The van der Waals surface area contributed by atoms with Crippen molar-refractivity contribution in [3.63, 3.8) is 0 Å². The summed E-state index contributed by atoms with van der Waals surface area (Å²) in [5.74, 6) is 0.882. The maximum atomic E-state index is 11.8. The van der Waals surface area contributed by atoms with Crippen LogP contribution >= 0.6 is 0 Å². The minimum absolute atomic E-state index is 0.430. The van der Waals surface area contributed by atoms with Crippen molar-refractivity contribution in [1.29, 1.82) is 0 Å². The lowest BCUT2D eigenvalue weighted by Crippen LogP contribution is -2.38. The van der Waals surface area contributed by atoms with Crippen LogP contribution in [0.1, 0.15) is 39.5 Å². The van der Waals surface area contributed by atoms with Gasteiger partial charge < -0.3 is 5.32 Å². The molecule has 0 bridgehead atoms. The van der Waals surface area contributed by atoms with Crippen LogP contribution in [0, 0.1) is 0 Å². The maximum absolute atomic E-state index is 11.8. The van der Waals surface area contributed by atoms with E-state index in [0.717, 1.165) is 25.1 Å². The Bertz CT molecular complexity index is 172. The molecule has 1 aliphatic carbocycles. The quantitative estimate of drug-likeness (QED) is 0.736. The molecule has 1 saturated carbocycles. The van der Waals surface area contributed by atoms with Gasteiger partial charge in [0.1, 0.15) is 0 Å². The molecular weight excluding hydrogens is 182 g/mol. The van der Waals surface area contributed by atoms with Crippen LogP contribution in [-0.2, 0) is 10.8 Å². The number of rotatable bonds is 5. The fraction of sp³-hybridized carbons (Fsp3) is 1.00. The minimum Gasteiger partial charge on any atom is -0.313 e. The van der Waals surface area contributed by atoms with Gasteiger partial charge in [0.25, 0.3) is 0 Å². The highest BCUT2D eigenvalue weighted by atomic mass is 32.2. The summed E-state index contributed by atoms with van der Waals surface area (Å²) >= 11 is 0. The van der Waals surface area contributed by atoms with Gasteiger partial charge in [-0.1, -0.05) is 20.3 Å². The molecule has 13 heavy (non-hydrogen) atoms. The zero-order valence-corrected chi connectivity index (χ0v) is 9.53. The summed E-state index contributed by atoms with van der Waals surface area (Å²) in [6.07, 6.45) is 4.66. The van der Waals surface area contributed by atoms with Crippen molar-refractivity contribution in [3.8, 4) is 0 Å². The van der Waals surface area contributed by atoms with E-state index < -0.39 is 10.8 Å². The summed E-state index contributed by atoms with van der Waals surface area (Å²) in [7, 11) is -0.589. The van der Waals surface area contributed by atoms with Gasteiger partial charge in [-0.2, -0.15) is 0 Å². The van der Waals surface area contributed by atoms with Gasteiger partial charge in [0.2, 0.25) is 0 Å². The third-order valence-electron chi connectivity index (χ3n) is 2.66. The highest BCUT2D eigenvalue weighted by molar-refractivity contribution is 7.85. The molecule has 2 nitrogen and oxygen atoms in total. The number of hydrogen-bond acceptors (Lipinski definition) is 2. The van der Waals surface area contributed by atoms with Crippen molar-refractivity contribution >= 4 is 10.8 Å². The molecule has 1 N–H and O–H groups in total. The molecule has 1 aliphatic rings. The van der Waals surface area contributed by atoms with Crippen LogP contribution < -0.4 is 5.32 Å². The zero-order chi connectivity index (χ0) is 9.68. The molecule has 3 atom stereocenters. The van der Waals surface area contributed by atoms with Crippen molar-refractivity contribution < 1.29 is 4.21 Å². The van der Waals surface area contributed by atoms with Crippen LogP contribution in [0.2, 0.25) is 0 Å². The Morgan fingerprint density at radius 3 is 2.77 bits per heavy atom. The molecule has 0 spiro atoms. The van der Waals surface area contributed by atoms with E-state index in [-0.39, 0.29) is 0 Å². The summed E-state index contributed by atoms with van der Waals surface area (Å²) < 4.78 is 11.8. The van der Waals surface area contributed by atoms with E-state index in [0.29, 0.717) is 11.3 Å². The van der Waals surface area contributed by atoms with Crippen molar-refractivity contribution in [2.24, 2.45) is 0 Å². The highest BCUT2D eigenvalue weighted by Gasteiger charge is 2.30. The van der Waals surface area contributed by atoms with Gasteiger partial charge >= 0.3 is 0 Å². The molecule has 3 unspecified atom stereocenters. The Labute approximate surface area is 83.9 Å². The van der Waals surface area contributed by atoms with Gasteiger partial charge in [-0.25, -0.2) is 0 Å². The highest BCUT2D eigenvalue weighted by Crippen LogP contribution is 2.24. The summed E-state index contributed by atoms with van der Waals surface area (Å²) in [4.78, 5) is 0. The first-order valence-corrected chi connectivity index (χ1v) is 6.78. The smallest absolute Gasteiger partial charge is 0.0501 e. The first kappa shape index (κ1) is 11.2. The molecule has 0 aromatic heterocycles. The molecular formula is C10H21NOS. The van der Waals surface area contributed by atoms with E-state index >= 15 is 0 Å². The molecule has 0 heterocycles. The number of nitrogens with one attached hydrogen (secondary N) is 1. The monoisotopic (exact) mass is 203 g/mol. The second-order valence-corrected chi connectivity index (χ2v) is 5.49. The van der Waals surface area contributed by atoms with Gasteiger partial charge in [-0.3, -0.25) is 4.21 Å². The Hall–Kier alpha value is 0.110. The topological polar surface area (TPSA) is 29.1 Å². The van der Waals surface area contributed by atoms with Crippen LogP contribution in [0.3, 0.4) is 0 Å². The summed E-state index contributed by atoms with van der Waals surface area (Å²) in [6.45, 7) is 5.23. The zero-order valence-electron chi connectivity index (χ0n) is 8.71. The van der Waals surface area contributed by atoms with Crippen LogP contribution in [0.5, 0.6) is 0 Å². The summed E-state index contributed by atoms with van der Waals surface area (Å²) in [5.41, 5.74) is 0. The predicted molar refractivity (Wildman–Crippen MR) is 58.4 cm³/mol. The lowest BCUT2D eigenvalue weighted by atomic mass is 10.2. The molecule has 0 radical (unpaired) electrons. The predicted octanol–water partition coefficient (Wildman–Crippen LogP) is 1.68. The lowest BCUT2D eigenvalue weighted by molar-refractivity contribution is 0.540. The maximum Gasteiger partial charge on any atom is 0.0501 e. The van der Waals surface area contributed by atoms with E-state index in [1.54, 1.807) is 0 Å². The van der Waals surface area contributed by atoms with Crippen molar-refractivity contribution in [1.82, 2.24) is 5.32 Å². The summed E-state index contributed by atoms with van der Waals surface area (Å²) in [5, 5.41) is 3.87. The standard InChI is InChI=1S/C10H21NOS/c1-3-8-13(12)10-7-5-6-9(10)11-4-2/h9-11H,3-8H2,1-2H3. The van der Waals surface area contributed by atoms with Crippen LogP contribution in [0.25, 0.3) is 0 Å². The molecule has 0 aromatic rings. The molecule has 3 heteroatoms. The van der Waals surface area contributed by atoms with Crippen molar-refractivity contribution in [2.75, 3.05) is 12.3 Å². The first-order valence-electron chi connectivity index (χ1n) is 5.40. The SMILES string of the molecule is CCCS(=O)C1CCCC1NCC. The second-order valence-electron chi connectivity index (χ2n) is 3.72. The third kappa shape index (κ3) is 3.06. The molecule has 0 amide bonds. The van der Waals surface area contributed by atoms with E-state index in [1.807, 2.05) is 0 Å². The van der Waals surface area contributed by atoms with E-state index in [4.69, 9.17) is 0 Å². The Morgan fingerprint density at radius 1 is 1.38 bits per heavy atom. The Balaban J connectivity index is 2.42. The van der Waals surface area contributed by atoms with Gasteiger partial charge in [0, 0.05) is 22.6 Å². The van der Waals surface area contributed by atoms with Gasteiger partial charge in [-0.15, -0.1) is 0 Å². The average Bonchev–Trinajstić information content (AvgIpc) is 2.54. The number of hydrogen-bond donors (Lipinski definition) is 1. The molecule has 0 aromatic carbocycles. The van der Waals surface area contributed by atoms with Crippen LogP contribution in [-0.4, -0.2) is 27.8 Å². The van der Waals surface area contributed by atoms with E-state index in [1.165, 1.54) is 12.8 Å². The molecule has 78 valence electrons. The Kier molecular flexibility index (Phi) is 4.96. The van der Waals surface area contributed by atoms with Gasteiger partial charge in [0.05, 0.1) is 5.25 Å². The van der Waals surface area contributed by atoms with Gasteiger partial charge in [0.15, 0.2) is 0 Å². The molecule has 1 rings (SSSR count). The minimum atomic E-state index is -0.589. The second kappa shape index (κ2) is 5.76. The largest absolute Gasteiger partial charge is 0.313 e. The van der Waals surface area contributed by atoms with Crippen molar-refractivity contribution in [3.05, 3.63) is 0 Å². The molecule has 1 fully saturated rings. The molecule has 0 saturated heterocycles. The van der Waals surface area contributed by atoms with E-state index in [2.05, 4.69) is 19.2 Å². The third-order valence-corrected chi connectivity index (χ3v) is 4.71. The fourth-order valence-electron chi connectivity index (χ4n) is 2.09. The average molecular weight is 203 g/mol. The van der Waals surface area contributed by atoms with Crippen molar-refractivity contribution in [2.45, 2.75) is 50.8 Å². The Morgan fingerprint density at radius 2 is 2.15 bits per heavy atom. The molecule has 0 aliphatic heterocycles. The van der Waals surface area contributed by atoms with E-state index in [9.17, 15) is 4.21 Å². The fourth-order valence-corrected chi connectivity index (χ4v) is 3.82. The normalized spacial score (nSPS) is 30.6. The van der Waals surface area contributed by atoms with Gasteiger partial charge in [-0.05, 0) is 25.8 Å². The van der Waals surface area contributed by atoms with Crippen LogP contribution in [0.15, 0.2) is 0 Å². The lowest BCUT2D eigenvalue weighted by Gasteiger charge is -2.19. The van der Waals surface area contributed by atoms with Crippen LogP contribution in [0.4, 0.5) is 0 Å².